The first-order valence-corrected chi connectivity index (χ1v) is 18.2. The number of carbonyl (C=O) groups is 5. The average Bonchev–Trinajstić information content (AvgIpc) is 3.07. The molecular weight excluding hydrogens is 681 g/mol. The first-order chi connectivity index (χ1) is 24.2. The minimum Gasteiger partial charge on any atom is -0.508 e. The third-order valence-corrected chi connectivity index (χ3v) is 9.18. The number of fused-ring (bicyclic) bond motifs is 1. The second kappa shape index (κ2) is 17.3. The number of phenols is 1. The van der Waals surface area contributed by atoms with E-state index in [1.807, 2.05) is 30.3 Å². The fraction of sp³-hybridized carbons (Fsp3) is 0.400. The largest absolute Gasteiger partial charge is 0.524 e. The first-order valence-electron chi connectivity index (χ1n) is 16.7. The number of phenolic OH excluding ortho intramolecular Hbond substituents is 1. The van der Waals surface area contributed by atoms with Gasteiger partial charge in [0.15, 0.2) is 0 Å². The smallest absolute Gasteiger partial charge is 0.508 e. The number of hydrogen-bond donors (Lipinski definition) is 8. The number of phosphoric ester groups is 1. The monoisotopic (exact) mass is 725 g/mol. The summed E-state index contributed by atoms with van der Waals surface area (Å²) >= 11 is 0. The third-order valence-electron chi connectivity index (χ3n) is 8.73. The van der Waals surface area contributed by atoms with Gasteiger partial charge in [0.2, 0.25) is 29.5 Å². The van der Waals surface area contributed by atoms with E-state index in [9.17, 15) is 33.6 Å². The molecule has 0 radical (unpaired) electrons. The predicted octanol–water partition coefficient (Wildman–Crippen LogP) is 1.99. The van der Waals surface area contributed by atoms with E-state index in [1.54, 1.807) is 6.07 Å². The number of carbonyl (C=O) groups excluding carboxylic acids is 5. The van der Waals surface area contributed by atoms with Crippen LogP contribution in [-0.4, -0.2) is 68.6 Å². The number of aryl methyl sites for hydroxylation is 1. The van der Waals surface area contributed by atoms with Crippen LogP contribution in [0.2, 0.25) is 0 Å². The van der Waals surface area contributed by atoms with Crippen LogP contribution in [0.1, 0.15) is 63.0 Å². The van der Waals surface area contributed by atoms with E-state index >= 15 is 0 Å². The van der Waals surface area contributed by atoms with Crippen LogP contribution >= 0.6 is 7.82 Å². The number of rotatable bonds is 16. The first kappa shape index (κ1) is 38.8. The van der Waals surface area contributed by atoms with Gasteiger partial charge in [0.25, 0.3) is 0 Å². The second-order valence-electron chi connectivity index (χ2n) is 12.7. The van der Waals surface area contributed by atoms with Gasteiger partial charge in [-0.1, -0.05) is 61.7 Å². The molecule has 51 heavy (non-hydrogen) atoms. The number of amides is 5. The van der Waals surface area contributed by atoms with E-state index in [0.29, 0.717) is 31.2 Å². The molecule has 0 spiro atoms. The van der Waals surface area contributed by atoms with Gasteiger partial charge in [-0.05, 0) is 60.2 Å². The fourth-order valence-corrected chi connectivity index (χ4v) is 6.69. The van der Waals surface area contributed by atoms with Crippen LogP contribution in [0.3, 0.4) is 0 Å². The van der Waals surface area contributed by atoms with Crippen molar-refractivity contribution in [3.8, 4) is 11.5 Å². The van der Waals surface area contributed by atoms with Crippen LogP contribution in [0.4, 0.5) is 0 Å². The molecule has 1 fully saturated rings. The van der Waals surface area contributed by atoms with Crippen molar-refractivity contribution in [1.29, 1.82) is 0 Å². The fourth-order valence-electron chi connectivity index (χ4n) is 6.30. The standard InChI is InChI=1S/C35H44N5O10P/c1-22(41)38-28(20-23-11-14-25(15-12-23)50-51(47,48)49)33(45)40-35(17-5-2-6-18-35)34(46)39-29(21-31(36)43)32(44)37-19-7-10-27-26-9-4-3-8-24(26)13-16-30(27)42/h3-4,8-9,11-16,28-29,42H,2,5-7,10,17-21H2,1H3,(H2,36,43)(H,37,44)(H,38,41)(H,39,46)(H,40,45)(H2,47,48,49)/t28-,29?/m0/s1. The summed E-state index contributed by atoms with van der Waals surface area (Å²) in [6.07, 6.45) is 2.87. The Labute approximate surface area is 294 Å². The number of primary amides is 1. The SMILES string of the molecule is CC(=O)N[C@@H](Cc1ccc(OP(=O)(O)O)cc1)C(=O)NC1(C(=O)NC(CC(N)=O)C(=O)NCCCc2c(O)ccc3ccccc23)CCCCC1. The highest BCUT2D eigenvalue weighted by molar-refractivity contribution is 7.46. The van der Waals surface area contributed by atoms with Crippen LogP contribution < -0.4 is 31.5 Å². The number of phosphoric acid groups is 1. The van der Waals surface area contributed by atoms with Crippen LogP contribution in [0.5, 0.6) is 11.5 Å². The van der Waals surface area contributed by atoms with Crippen molar-refractivity contribution in [3.63, 3.8) is 0 Å². The number of benzene rings is 3. The Morgan fingerprint density at radius 1 is 0.902 bits per heavy atom. The van der Waals surface area contributed by atoms with Gasteiger partial charge in [-0.25, -0.2) is 4.57 Å². The van der Waals surface area contributed by atoms with Gasteiger partial charge in [-0.2, -0.15) is 0 Å². The Hall–Kier alpha value is -4.98. The normalized spacial score (nSPS) is 15.2. The number of hydrogen-bond acceptors (Lipinski definition) is 8. The minimum absolute atomic E-state index is 0.0252. The van der Waals surface area contributed by atoms with E-state index in [2.05, 4.69) is 25.8 Å². The van der Waals surface area contributed by atoms with Gasteiger partial charge in [-0.15, -0.1) is 0 Å². The molecule has 0 saturated heterocycles. The molecule has 1 saturated carbocycles. The number of nitrogens with two attached hydrogens (primary N) is 1. The van der Waals surface area contributed by atoms with Gasteiger partial charge >= 0.3 is 7.82 Å². The number of nitrogens with one attached hydrogen (secondary N) is 4. The molecule has 3 aromatic carbocycles. The molecule has 16 heteroatoms. The van der Waals surface area contributed by atoms with E-state index in [4.69, 9.17) is 15.5 Å². The highest BCUT2D eigenvalue weighted by Gasteiger charge is 2.43. The lowest BCUT2D eigenvalue weighted by Crippen LogP contribution is -2.65. The molecule has 15 nitrogen and oxygen atoms in total. The van der Waals surface area contributed by atoms with E-state index in [-0.39, 0.29) is 37.3 Å². The van der Waals surface area contributed by atoms with Gasteiger partial charge in [0, 0.05) is 25.5 Å². The summed E-state index contributed by atoms with van der Waals surface area (Å²) in [6, 6.07) is 14.2. The zero-order valence-corrected chi connectivity index (χ0v) is 29.1. The molecule has 3 aromatic rings. The van der Waals surface area contributed by atoms with Crippen molar-refractivity contribution < 1.29 is 48.0 Å². The molecule has 2 atom stereocenters. The van der Waals surface area contributed by atoms with Gasteiger partial charge < -0.3 is 36.6 Å². The Balaban J connectivity index is 1.43. The van der Waals surface area contributed by atoms with E-state index in [1.165, 1.54) is 31.2 Å². The lowest BCUT2D eigenvalue weighted by molar-refractivity contribution is -0.139. The predicted molar refractivity (Wildman–Crippen MR) is 187 cm³/mol. The molecule has 0 bridgehead atoms. The maximum absolute atomic E-state index is 13.9. The van der Waals surface area contributed by atoms with Gasteiger partial charge in [-0.3, -0.25) is 33.8 Å². The maximum Gasteiger partial charge on any atom is 0.524 e. The van der Waals surface area contributed by atoms with E-state index < -0.39 is 61.4 Å². The molecular formula is C35H44N5O10P. The maximum atomic E-state index is 13.9. The van der Waals surface area contributed by atoms with Gasteiger partial charge in [0.1, 0.15) is 29.1 Å². The highest BCUT2D eigenvalue weighted by atomic mass is 31.2. The molecule has 1 unspecified atom stereocenters. The molecule has 0 heterocycles. The summed E-state index contributed by atoms with van der Waals surface area (Å²) in [5.41, 5.74) is 5.26. The van der Waals surface area contributed by atoms with Crippen LogP contribution in [0, 0.1) is 0 Å². The molecule has 4 rings (SSSR count). The lowest BCUT2D eigenvalue weighted by atomic mass is 9.80. The van der Waals surface area contributed by atoms with Crippen LogP contribution in [0.15, 0.2) is 60.7 Å². The zero-order valence-electron chi connectivity index (χ0n) is 28.2. The summed E-state index contributed by atoms with van der Waals surface area (Å²) in [5.74, 6) is -3.24. The Morgan fingerprint density at radius 3 is 2.24 bits per heavy atom. The van der Waals surface area contributed by atoms with Crippen molar-refractivity contribution in [2.75, 3.05) is 6.54 Å². The minimum atomic E-state index is -4.77. The average molecular weight is 726 g/mol. The summed E-state index contributed by atoms with van der Waals surface area (Å²) < 4.78 is 15.7. The number of aromatic hydroxyl groups is 1. The molecule has 0 aliphatic heterocycles. The van der Waals surface area contributed by atoms with Crippen LogP contribution in [0.25, 0.3) is 10.8 Å². The Bertz CT molecular complexity index is 1790. The van der Waals surface area contributed by atoms with Crippen molar-refractivity contribution in [3.05, 3.63) is 71.8 Å². The molecule has 274 valence electrons. The summed E-state index contributed by atoms with van der Waals surface area (Å²) in [7, 11) is -4.77. The summed E-state index contributed by atoms with van der Waals surface area (Å²) in [6.45, 7) is 1.41. The Morgan fingerprint density at radius 2 is 1.59 bits per heavy atom. The van der Waals surface area contributed by atoms with E-state index in [0.717, 1.165) is 22.8 Å². The zero-order chi connectivity index (χ0) is 37.2. The lowest BCUT2D eigenvalue weighted by Gasteiger charge is -2.38. The third kappa shape index (κ3) is 11.3. The van der Waals surface area contributed by atoms with Gasteiger partial charge in [0.05, 0.1) is 6.42 Å². The van der Waals surface area contributed by atoms with Crippen molar-refractivity contribution in [1.82, 2.24) is 21.3 Å². The Kier molecular flexibility index (Phi) is 13.2. The summed E-state index contributed by atoms with van der Waals surface area (Å²) in [5, 5.41) is 23.1. The molecule has 1 aliphatic carbocycles. The molecule has 1 aliphatic rings. The summed E-state index contributed by atoms with van der Waals surface area (Å²) in [4.78, 5) is 83.0. The second-order valence-corrected chi connectivity index (χ2v) is 13.9. The molecule has 5 amide bonds. The quantitative estimate of drug-likeness (QED) is 0.0788. The molecule has 9 N–H and O–H groups in total. The molecule has 0 aromatic heterocycles. The van der Waals surface area contributed by atoms with Crippen LogP contribution in [-0.2, 0) is 41.4 Å². The topological polar surface area (TPSA) is 246 Å². The highest BCUT2D eigenvalue weighted by Crippen LogP contribution is 2.37. The van der Waals surface area contributed by atoms with Crippen molar-refractivity contribution in [2.45, 2.75) is 82.3 Å². The van der Waals surface area contributed by atoms with Crippen molar-refractivity contribution in [2.24, 2.45) is 5.73 Å². The van der Waals surface area contributed by atoms with Crippen molar-refractivity contribution >= 4 is 48.1 Å².